The second kappa shape index (κ2) is 5.70. The molecule has 0 spiro atoms. The number of hydrogen-bond acceptors (Lipinski definition) is 2. The predicted molar refractivity (Wildman–Crippen MR) is 87.4 cm³/mol. The number of para-hydroxylation sites is 1. The Balaban J connectivity index is 1.92. The van der Waals surface area contributed by atoms with Crippen LogP contribution in [0.5, 0.6) is 0 Å². The van der Waals surface area contributed by atoms with Gasteiger partial charge in [0.15, 0.2) is 0 Å². The highest BCUT2D eigenvalue weighted by Gasteiger charge is 2.06. The van der Waals surface area contributed by atoms with E-state index in [4.69, 9.17) is 5.73 Å². The van der Waals surface area contributed by atoms with E-state index < -0.39 is 0 Å². The summed E-state index contributed by atoms with van der Waals surface area (Å²) in [5.41, 5.74) is 10.6. The summed E-state index contributed by atoms with van der Waals surface area (Å²) in [4.78, 5) is 4.60. The Hall–Kier alpha value is -2.13. The SMILES string of the molecule is Cc1cc(Cn2ccc(CC(C)N)c2)c2ccccc2n1. The van der Waals surface area contributed by atoms with Crippen LogP contribution in [0.25, 0.3) is 10.9 Å². The zero-order valence-electron chi connectivity index (χ0n) is 12.6. The first-order chi connectivity index (χ1) is 10.1. The third-order valence-corrected chi connectivity index (χ3v) is 3.65. The van der Waals surface area contributed by atoms with Crippen LogP contribution in [0.15, 0.2) is 48.8 Å². The van der Waals surface area contributed by atoms with Crippen molar-refractivity contribution < 1.29 is 0 Å². The molecule has 1 aromatic carbocycles. The second-order valence-electron chi connectivity index (χ2n) is 5.81. The van der Waals surface area contributed by atoms with E-state index in [1.165, 1.54) is 16.5 Å². The molecular formula is C18H21N3. The molecule has 3 rings (SSSR count). The van der Waals surface area contributed by atoms with E-state index in [-0.39, 0.29) is 6.04 Å². The van der Waals surface area contributed by atoms with Gasteiger partial charge in [-0.3, -0.25) is 4.98 Å². The van der Waals surface area contributed by atoms with Gasteiger partial charge in [0.2, 0.25) is 0 Å². The monoisotopic (exact) mass is 279 g/mol. The van der Waals surface area contributed by atoms with Gasteiger partial charge in [0, 0.05) is 36.1 Å². The number of fused-ring (bicyclic) bond motifs is 1. The van der Waals surface area contributed by atoms with Gasteiger partial charge in [-0.25, -0.2) is 0 Å². The van der Waals surface area contributed by atoms with Crippen LogP contribution in [-0.2, 0) is 13.0 Å². The molecule has 21 heavy (non-hydrogen) atoms. The molecule has 0 saturated heterocycles. The van der Waals surface area contributed by atoms with Crippen LogP contribution in [0, 0.1) is 6.92 Å². The standard InChI is InChI=1S/C18H21N3/c1-13(19)9-15-7-8-21(11-15)12-16-10-14(2)20-18-6-4-3-5-17(16)18/h3-8,10-11,13H,9,12,19H2,1-2H3. The van der Waals surface area contributed by atoms with E-state index in [1.54, 1.807) is 0 Å². The van der Waals surface area contributed by atoms with Gasteiger partial charge in [0.1, 0.15) is 0 Å². The highest BCUT2D eigenvalue weighted by molar-refractivity contribution is 5.82. The average molecular weight is 279 g/mol. The van der Waals surface area contributed by atoms with Crippen molar-refractivity contribution in [2.45, 2.75) is 32.9 Å². The average Bonchev–Trinajstić information content (AvgIpc) is 2.85. The molecule has 0 radical (unpaired) electrons. The number of hydrogen-bond donors (Lipinski definition) is 1. The molecule has 0 aliphatic rings. The van der Waals surface area contributed by atoms with Gasteiger partial charge in [-0.15, -0.1) is 0 Å². The molecule has 2 heterocycles. The summed E-state index contributed by atoms with van der Waals surface area (Å²) < 4.78 is 2.22. The Morgan fingerprint density at radius 2 is 2.05 bits per heavy atom. The minimum atomic E-state index is 0.199. The molecule has 2 aromatic heterocycles. The number of pyridine rings is 1. The van der Waals surface area contributed by atoms with Crippen molar-refractivity contribution in [3.05, 3.63) is 65.6 Å². The van der Waals surface area contributed by atoms with Crippen LogP contribution < -0.4 is 5.73 Å². The largest absolute Gasteiger partial charge is 0.350 e. The summed E-state index contributed by atoms with van der Waals surface area (Å²) in [6.07, 6.45) is 5.24. The van der Waals surface area contributed by atoms with Crippen molar-refractivity contribution in [1.29, 1.82) is 0 Å². The molecule has 0 aliphatic carbocycles. The Bertz CT molecular complexity index is 756. The normalized spacial score (nSPS) is 12.7. The summed E-state index contributed by atoms with van der Waals surface area (Å²) in [6, 6.07) is 12.8. The zero-order valence-corrected chi connectivity index (χ0v) is 12.6. The summed E-state index contributed by atoms with van der Waals surface area (Å²) in [6.45, 7) is 4.95. The maximum atomic E-state index is 5.86. The Morgan fingerprint density at radius 1 is 1.24 bits per heavy atom. The quantitative estimate of drug-likeness (QED) is 0.796. The Morgan fingerprint density at radius 3 is 2.86 bits per heavy atom. The van der Waals surface area contributed by atoms with Crippen molar-refractivity contribution in [2.75, 3.05) is 0 Å². The molecule has 108 valence electrons. The predicted octanol–water partition coefficient (Wildman–Crippen LogP) is 3.28. The number of aryl methyl sites for hydroxylation is 1. The van der Waals surface area contributed by atoms with Crippen LogP contribution in [0.3, 0.4) is 0 Å². The third-order valence-electron chi connectivity index (χ3n) is 3.65. The molecule has 3 heteroatoms. The van der Waals surface area contributed by atoms with Crippen LogP contribution >= 0.6 is 0 Å². The lowest BCUT2D eigenvalue weighted by Gasteiger charge is -2.09. The van der Waals surface area contributed by atoms with Crippen LogP contribution in [0.4, 0.5) is 0 Å². The van der Waals surface area contributed by atoms with Gasteiger partial charge in [0.25, 0.3) is 0 Å². The van der Waals surface area contributed by atoms with Gasteiger partial charge in [-0.1, -0.05) is 18.2 Å². The van der Waals surface area contributed by atoms with Crippen molar-refractivity contribution in [3.8, 4) is 0 Å². The molecule has 2 N–H and O–H groups in total. The first kappa shape index (κ1) is 13.8. The summed E-state index contributed by atoms with van der Waals surface area (Å²) in [7, 11) is 0. The van der Waals surface area contributed by atoms with Crippen LogP contribution in [-0.4, -0.2) is 15.6 Å². The lowest BCUT2D eigenvalue weighted by molar-refractivity contribution is 0.732. The third kappa shape index (κ3) is 3.14. The van der Waals surface area contributed by atoms with Crippen LogP contribution in [0.1, 0.15) is 23.7 Å². The molecule has 0 bridgehead atoms. The summed E-state index contributed by atoms with van der Waals surface area (Å²) >= 11 is 0. The Kier molecular flexibility index (Phi) is 3.76. The second-order valence-corrected chi connectivity index (χ2v) is 5.81. The van der Waals surface area contributed by atoms with E-state index in [9.17, 15) is 0 Å². The fourth-order valence-corrected chi connectivity index (χ4v) is 2.80. The van der Waals surface area contributed by atoms with Crippen LogP contribution in [0.2, 0.25) is 0 Å². The lowest BCUT2D eigenvalue weighted by atomic mass is 10.1. The fraction of sp³-hybridized carbons (Fsp3) is 0.278. The van der Waals surface area contributed by atoms with E-state index in [0.717, 1.165) is 24.2 Å². The zero-order chi connectivity index (χ0) is 14.8. The molecule has 3 nitrogen and oxygen atoms in total. The van der Waals surface area contributed by atoms with Crippen molar-refractivity contribution in [1.82, 2.24) is 9.55 Å². The fourth-order valence-electron chi connectivity index (χ4n) is 2.80. The maximum Gasteiger partial charge on any atom is 0.0708 e. The van der Waals surface area contributed by atoms with Gasteiger partial charge in [-0.2, -0.15) is 0 Å². The number of nitrogens with zero attached hydrogens (tertiary/aromatic N) is 2. The molecule has 1 atom stereocenters. The number of aromatic nitrogens is 2. The first-order valence-corrected chi connectivity index (χ1v) is 7.37. The van der Waals surface area contributed by atoms with Crippen molar-refractivity contribution in [3.63, 3.8) is 0 Å². The van der Waals surface area contributed by atoms with Crippen molar-refractivity contribution >= 4 is 10.9 Å². The molecule has 0 saturated carbocycles. The Labute approximate surface area is 125 Å². The van der Waals surface area contributed by atoms with Gasteiger partial charge in [0.05, 0.1) is 5.52 Å². The molecule has 0 fully saturated rings. The van der Waals surface area contributed by atoms with E-state index >= 15 is 0 Å². The molecule has 0 amide bonds. The summed E-state index contributed by atoms with van der Waals surface area (Å²) in [5.74, 6) is 0. The number of nitrogens with two attached hydrogens (primary N) is 1. The number of benzene rings is 1. The minimum Gasteiger partial charge on any atom is -0.350 e. The smallest absolute Gasteiger partial charge is 0.0708 e. The van der Waals surface area contributed by atoms with E-state index in [0.29, 0.717) is 0 Å². The molecule has 1 unspecified atom stereocenters. The van der Waals surface area contributed by atoms with Gasteiger partial charge in [-0.05, 0) is 49.6 Å². The van der Waals surface area contributed by atoms with E-state index in [1.807, 2.05) is 19.9 Å². The van der Waals surface area contributed by atoms with Gasteiger partial charge < -0.3 is 10.3 Å². The molecular weight excluding hydrogens is 258 g/mol. The van der Waals surface area contributed by atoms with Gasteiger partial charge >= 0.3 is 0 Å². The number of rotatable bonds is 4. The van der Waals surface area contributed by atoms with E-state index in [2.05, 4.69) is 52.3 Å². The lowest BCUT2D eigenvalue weighted by Crippen LogP contribution is -2.17. The summed E-state index contributed by atoms with van der Waals surface area (Å²) in [5, 5.41) is 1.23. The topological polar surface area (TPSA) is 43.8 Å². The van der Waals surface area contributed by atoms with Crippen molar-refractivity contribution in [2.24, 2.45) is 5.73 Å². The first-order valence-electron chi connectivity index (χ1n) is 7.37. The highest BCUT2D eigenvalue weighted by atomic mass is 14.9. The maximum absolute atomic E-state index is 5.86. The molecule has 3 aromatic rings. The minimum absolute atomic E-state index is 0.199. The highest BCUT2D eigenvalue weighted by Crippen LogP contribution is 2.19. The molecule has 0 aliphatic heterocycles.